The summed E-state index contributed by atoms with van der Waals surface area (Å²) < 4.78 is 5.98. The third-order valence-electron chi connectivity index (χ3n) is 3.01. The van der Waals surface area contributed by atoms with E-state index in [1.54, 1.807) is 24.3 Å². The van der Waals surface area contributed by atoms with Gasteiger partial charge in [-0.15, -0.1) is 0 Å². The van der Waals surface area contributed by atoms with E-state index in [4.69, 9.17) is 9.57 Å². The number of quaternary nitrogens is 1. The molecular formula is C15H18N2O5+2. The highest BCUT2D eigenvalue weighted by Gasteiger charge is 2.30. The quantitative estimate of drug-likeness (QED) is 0.193. The molecule has 0 saturated heterocycles. The average Bonchev–Trinajstić information content (AvgIpc) is 2.49. The van der Waals surface area contributed by atoms with E-state index in [1.165, 1.54) is 25.6 Å². The van der Waals surface area contributed by atoms with E-state index >= 15 is 0 Å². The standard InChI is InChI=1S/C15H16N2O5/c1-10(18)22-14-9-4-3-6-11(14)17(20)12-7-5-8-13(19)15(12)16-21-2/h3-5,7-9,16H,6H2,1-2H3,(H-,19,20)/p+2/b17-11-. The van der Waals surface area contributed by atoms with Gasteiger partial charge in [-0.05, 0) is 12.1 Å². The molecule has 0 unspecified atom stereocenters. The zero-order valence-corrected chi connectivity index (χ0v) is 12.3. The van der Waals surface area contributed by atoms with E-state index in [9.17, 15) is 15.1 Å². The van der Waals surface area contributed by atoms with Crippen LogP contribution in [0.5, 0.6) is 5.75 Å². The Bertz CT molecular complexity index is 677. The molecule has 0 atom stereocenters. The molecule has 0 fully saturated rings. The zero-order valence-electron chi connectivity index (χ0n) is 12.3. The largest absolute Gasteiger partial charge is 0.502 e. The fraction of sp³-hybridized carbons (Fsp3) is 0.200. The number of phenolic OH excluding ortho intramolecular Hbond substituents is 1. The van der Waals surface area contributed by atoms with Crippen molar-refractivity contribution in [2.75, 3.05) is 7.11 Å². The molecule has 2 rings (SSSR count). The molecule has 0 radical (unpaired) electrons. The van der Waals surface area contributed by atoms with Crippen LogP contribution >= 0.6 is 0 Å². The Hall–Kier alpha value is -2.64. The van der Waals surface area contributed by atoms with E-state index < -0.39 is 5.97 Å². The molecule has 0 bridgehead atoms. The molecule has 0 amide bonds. The number of hydrogen-bond acceptors (Lipinski definition) is 5. The number of nitrogens with two attached hydrogens (primary N) is 1. The van der Waals surface area contributed by atoms with Crippen LogP contribution in [0.15, 0.2) is 42.2 Å². The topological polar surface area (TPSA) is 95.6 Å². The van der Waals surface area contributed by atoms with Crippen molar-refractivity contribution in [2.24, 2.45) is 0 Å². The van der Waals surface area contributed by atoms with Gasteiger partial charge >= 0.3 is 11.7 Å². The number of aromatic hydroxyl groups is 1. The van der Waals surface area contributed by atoms with Gasteiger partial charge < -0.3 is 9.84 Å². The Labute approximate surface area is 127 Å². The first kappa shape index (κ1) is 15.7. The van der Waals surface area contributed by atoms with E-state index in [-0.39, 0.29) is 11.5 Å². The summed E-state index contributed by atoms with van der Waals surface area (Å²) in [7, 11) is 1.44. The number of rotatable bonds is 4. The third-order valence-corrected chi connectivity index (χ3v) is 3.01. The van der Waals surface area contributed by atoms with E-state index in [1.807, 2.05) is 6.08 Å². The number of phenols is 1. The van der Waals surface area contributed by atoms with Crippen LogP contribution in [0.25, 0.3) is 0 Å². The van der Waals surface area contributed by atoms with E-state index in [0.717, 1.165) is 4.74 Å². The summed E-state index contributed by atoms with van der Waals surface area (Å²) in [6.45, 7) is 1.29. The monoisotopic (exact) mass is 306 g/mol. The number of carbonyl (C=O) groups excluding carboxylic acids is 1. The molecule has 1 aliphatic rings. The number of ether oxygens (including phenoxy) is 1. The summed E-state index contributed by atoms with van der Waals surface area (Å²) in [6.07, 6.45) is 5.51. The van der Waals surface area contributed by atoms with Crippen LogP contribution in [-0.4, -0.2) is 33.8 Å². The molecule has 4 N–H and O–H groups in total. The molecule has 1 aliphatic carbocycles. The maximum Gasteiger partial charge on any atom is 0.324 e. The Morgan fingerprint density at radius 2 is 2.18 bits per heavy atom. The van der Waals surface area contributed by atoms with Crippen LogP contribution in [0.2, 0.25) is 0 Å². The summed E-state index contributed by atoms with van der Waals surface area (Å²) in [5.74, 6) is -0.264. The minimum absolute atomic E-state index is 0.0385. The molecular weight excluding hydrogens is 288 g/mol. The van der Waals surface area contributed by atoms with Crippen molar-refractivity contribution in [3.05, 3.63) is 42.2 Å². The second kappa shape index (κ2) is 6.88. The van der Waals surface area contributed by atoms with E-state index in [2.05, 4.69) is 0 Å². The predicted molar refractivity (Wildman–Crippen MR) is 77.0 cm³/mol. The zero-order chi connectivity index (χ0) is 16.1. The van der Waals surface area contributed by atoms with Crippen molar-refractivity contribution < 1.29 is 34.9 Å². The van der Waals surface area contributed by atoms with Gasteiger partial charge in [-0.1, -0.05) is 18.2 Å². The van der Waals surface area contributed by atoms with Crippen molar-refractivity contribution in [1.29, 1.82) is 0 Å². The van der Waals surface area contributed by atoms with Crippen molar-refractivity contribution >= 4 is 23.1 Å². The fourth-order valence-electron chi connectivity index (χ4n) is 2.08. The Morgan fingerprint density at radius 1 is 1.41 bits per heavy atom. The molecule has 0 aromatic heterocycles. The molecule has 0 saturated carbocycles. The number of allylic oxidation sites excluding steroid dienone is 4. The van der Waals surface area contributed by atoms with Gasteiger partial charge in [0.25, 0.3) is 11.4 Å². The van der Waals surface area contributed by atoms with Gasteiger partial charge in [0.05, 0.1) is 13.5 Å². The summed E-state index contributed by atoms with van der Waals surface area (Å²) in [4.78, 5) is 16.1. The lowest BCUT2D eigenvalue weighted by Crippen LogP contribution is -2.76. The van der Waals surface area contributed by atoms with Gasteiger partial charge in [-0.2, -0.15) is 5.48 Å². The highest BCUT2D eigenvalue weighted by atomic mass is 16.6. The average molecular weight is 306 g/mol. The highest BCUT2D eigenvalue weighted by Crippen LogP contribution is 2.29. The van der Waals surface area contributed by atoms with Crippen LogP contribution in [0.3, 0.4) is 0 Å². The van der Waals surface area contributed by atoms with Crippen LogP contribution in [0, 0.1) is 0 Å². The third kappa shape index (κ3) is 3.33. The predicted octanol–water partition coefficient (Wildman–Crippen LogP) is 1.03. The maximum absolute atomic E-state index is 11.2. The lowest BCUT2D eigenvalue weighted by Gasteiger charge is -2.09. The van der Waals surface area contributed by atoms with Crippen LogP contribution in [0.4, 0.5) is 11.4 Å². The first-order valence-corrected chi connectivity index (χ1v) is 6.63. The summed E-state index contributed by atoms with van der Waals surface area (Å²) in [6, 6.07) is 4.69. The lowest BCUT2D eigenvalue weighted by molar-refractivity contribution is -0.835. The molecule has 0 spiro atoms. The number of esters is 1. The number of benzene rings is 1. The van der Waals surface area contributed by atoms with E-state index in [0.29, 0.717) is 23.5 Å². The first-order chi connectivity index (χ1) is 10.5. The second-order valence-corrected chi connectivity index (χ2v) is 4.58. The van der Waals surface area contributed by atoms with Crippen molar-refractivity contribution in [3.8, 4) is 5.75 Å². The van der Waals surface area contributed by atoms with Crippen LogP contribution < -0.4 is 5.48 Å². The van der Waals surface area contributed by atoms with Gasteiger partial charge in [-0.25, -0.2) is 4.84 Å². The molecule has 1 aromatic carbocycles. The Morgan fingerprint density at radius 3 is 2.86 bits per heavy atom. The van der Waals surface area contributed by atoms with Crippen molar-refractivity contribution in [2.45, 2.75) is 13.3 Å². The molecule has 22 heavy (non-hydrogen) atoms. The molecule has 7 heteroatoms. The fourth-order valence-corrected chi connectivity index (χ4v) is 2.08. The smallest absolute Gasteiger partial charge is 0.324 e. The lowest BCUT2D eigenvalue weighted by atomic mass is 10.1. The Kier molecular flexibility index (Phi) is 4.92. The van der Waals surface area contributed by atoms with Crippen LogP contribution in [0.1, 0.15) is 13.3 Å². The number of carbonyl (C=O) groups is 1. The maximum atomic E-state index is 11.2. The summed E-state index contributed by atoms with van der Waals surface area (Å²) in [5, 5.41) is 20.4. The van der Waals surface area contributed by atoms with Gasteiger partial charge in [0.1, 0.15) is 0 Å². The van der Waals surface area contributed by atoms with Gasteiger partial charge in [0.15, 0.2) is 5.75 Å². The minimum atomic E-state index is -0.480. The molecule has 7 nitrogen and oxygen atoms in total. The number of nitrogens with zero attached hydrogens (tertiary/aromatic N) is 1. The molecule has 0 heterocycles. The Balaban J connectivity index is 2.51. The highest BCUT2D eigenvalue weighted by molar-refractivity contribution is 5.99. The second-order valence-electron chi connectivity index (χ2n) is 4.58. The van der Waals surface area contributed by atoms with Gasteiger partial charge in [0.2, 0.25) is 5.76 Å². The van der Waals surface area contributed by atoms with Gasteiger partial charge in [-0.3, -0.25) is 10.0 Å². The summed E-state index contributed by atoms with van der Waals surface area (Å²) >= 11 is 0. The summed E-state index contributed by atoms with van der Waals surface area (Å²) in [5.41, 5.74) is 2.33. The first-order valence-electron chi connectivity index (χ1n) is 6.63. The molecule has 0 aliphatic heterocycles. The number of hydrogen-bond donors (Lipinski definition) is 3. The molecule has 116 valence electrons. The normalized spacial score (nSPS) is 16.2. The van der Waals surface area contributed by atoms with Gasteiger partial charge in [0, 0.05) is 17.7 Å². The van der Waals surface area contributed by atoms with Crippen molar-refractivity contribution in [3.63, 3.8) is 0 Å². The van der Waals surface area contributed by atoms with Crippen LogP contribution in [-0.2, 0) is 14.4 Å². The van der Waals surface area contributed by atoms with Crippen molar-refractivity contribution in [1.82, 2.24) is 0 Å². The molecule has 1 aromatic rings. The minimum Gasteiger partial charge on any atom is -0.502 e. The SMILES string of the molecule is CO[NH2+]c1c(O)cccc1/[N+](O)=C1\CC=CC=C1OC(C)=O.